The number of benzene rings is 1. The molecule has 1 aromatic rings. The molecule has 6 nitrogen and oxygen atoms in total. The van der Waals surface area contributed by atoms with Crippen molar-refractivity contribution >= 4 is 17.4 Å². The number of aliphatic hydroxyl groups excluding tert-OH is 2. The number of nitrogens with one attached hydrogen (secondary N) is 2. The summed E-state index contributed by atoms with van der Waals surface area (Å²) in [5.74, 6) is 0. The summed E-state index contributed by atoms with van der Waals surface area (Å²) in [5, 5.41) is 24.0. The highest BCUT2D eigenvalue weighted by atomic mass is 16.3. The van der Waals surface area contributed by atoms with E-state index in [2.05, 4.69) is 10.6 Å². The molecule has 98 valence electrons. The number of anilines is 2. The predicted octanol–water partition coefficient (Wildman–Crippen LogP) is 0.429. The minimum Gasteiger partial charge on any atom is -0.394 e. The van der Waals surface area contributed by atoms with Gasteiger partial charge in [0.25, 0.3) is 0 Å². The molecule has 1 atom stereocenters. The number of hydrogen-bond donors (Lipinski definition) is 4. The molecule has 18 heavy (non-hydrogen) atoms. The Morgan fingerprint density at radius 2 is 2.33 bits per heavy atom. The number of aliphatic hydroxyl groups is 2. The lowest BCUT2D eigenvalue weighted by atomic mass is 10.1. The van der Waals surface area contributed by atoms with E-state index < -0.39 is 6.10 Å². The van der Waals surface area contributed by atoms with Gasteiger partial charge in [-0.05, 0) is 12.1 Å². The molecule has 0 fully saturated rings. The van der Waals surface area contributed by atoms with Gasteiger partial charge in [0.05, 0.1) is 19.3 Å². The second kappa shape index (κ2) is 5.24. The second-order valence-electron chi connectivity index (χ2n) is 4.34. The van der Waals surface area contributed by atoms with Gasteiger partial charge in [-0.1, -0.05) is 6.07 Å². The van der Waals surface area contributed by atoms with Crippen molar-refractivity contribution in [3.63, 3.8) is 0 Å². The number of fused-ring (bicyclic) bond motifs is 1. The summed E-state index contributed by atoms with van der Waals surface area (Å²) in [7, 11) is 1.72. The van der Waals surface area contributed by atoms with E-state index in [0.717, 1.165) is 16.9 Å². The van der Waals surface area contributed by atoms with Crippen molar-refractivity contribution in [1.29, 1.82) is 0 Å². The van der Waals surface area contributed by atoms with Crippen LogP contribution in [0.3, 0.4) is 0 Å². The van der Waals surface area contributed by atoms with Crippen LogP contribution in [0.25, 0.3) is 0 Å². The molecule has 2 amide bonds. The van der Waals surface area contributed by atoms with Crippen molar-refractivity contribution in [2.24, 2.45) is 0 Å². The summed E-state index contributed by atoms with van der Waals surface area (Å²) in [4.78, 5) is 13.1. The highest BCUT2D eigenvalue weighted by molar-refractivity contribution is 5.93. The molecule has 2 rings (SSSR count). The molecule has 1 unspecified atom stereocenters. The fraction of sp³-hybridized carbons (Fsp3) is 0.417. The summed E-state index contributed by atoms with van der Waals surface area (Å²) in [6.45, 7) is 0.503. The summed E-state index contributed by atoms with van der Waals surface area (Å²) in [6.07, 6.45) is -0.795. The Bertz CT molecular complexity index is 450. The number of amides is 2. The number of carbonyl (C=O) groups excluding carboxylic acids is 1. The quantitative estimate of drug-likeness (QED) is 0.625. The van der Waals surface area contributed by atoms with E-state index in [1.165, 1.54) is 0 Å². The van der Waals surface area contributed by atoms with Crippen LogP contribution >= 0.6 is 0 Å². The lowest BCUT2D eigenvalue weighted by Crippen LogP contribution is -2.36. The molecule has 1 aromatic carbocycles. The Hall–Kier alpha value is -1.79. The van der Waals surface area contributed by atoms with Gasteiger partial charge >= 0.3 is 6.03 Å². The van der Waals surface area contributed by atoms with Gasteiger partial charge in [0.15, 0.2) is 0 Å². The van der Waals surface area contributed by atoms with E-state index in [1.807, 2.05) is 18.2 Å². The van der Waals surface area contributed by atoms with E-state index in [9.17, 15) is 9.90 Å². The Kier molecular flexibility index (Phi) is 3.69. The SMILES string of the molecule is CN1Cc2c(NCC(O)CO)cccc2NC1=O. The van der Waals surface area contributed by atoms with Gasteiger partial charge in [0.1, 0.15) is 0 Å². The van der Waals surface area contributed by atoms with Crippen molar-refractivity contribution in [2.75, 3.05) is 30.8 Å². The fourth-order valence-corrected chi connectivity index (χ4v) is 1.85. The zero-order valence-corrected chi connectivity index (χ0v) is 10.2. The molecule has 0 bridgehead atoms. The molecular formula is C12H17N3O3. The van der Waals surface area contributed by atoms with Gasteiger partial charge in [0.2, 0.25) is 0 Å². The van der Waals surface area contributed by atoms with Crippen molar-refractivity contribution in [1.82, 2.24) is 4.90 Å². The first kappa shape index (κ1) is 12.7. The third-order valence-corrected chi connectivity index (χ3v) is 2.90. The highest BCUT2D eigenvalue weighted by Crippen LogP contribution is 2.29. The largest absolute Gasteiger partial charge is 0.394 e. The van der Waals surface area contributed by atoms with Crippen LogP contribution in [0, 0.1) is 0 Å². The summed E-state index contributed by atoms with van der Waals surface area (Å²) in [5.41, 5.74) is 2.61. The number of rotatable bonds is 4. The van der Waals surface area contributed by atoms with E-state index in [-0.39, 0.29) is 19.2 Å². The van der Waals surface area contributed by atoms with Crippen molar-refractivity contribution in [3.05, 3.63) is 23.8 Å². The molecule has 0 radical (unpaired) electrons. The molecule has 0 aromatic heterocycles. The van der Waals surface area contributed by atoms with Crippen LogP contribution < -0.4 is 10.6 Å². The van der Waals surface area contributed by atoms with Crippen LogP contribution in [-0.4, -0.2) is 47.4 Å². The Morgan fingerprint density at radius 3 is 3.06 bits per heavy atom. The summed E-state index contributed by atoms with van der Waals surface area (Å²) < 4.78 is 0. The van der Waals surface area contributed by atoms with Gasteiger partial charge in [0, 0.05) is 30.5 Å². The van der Waals surface area contributed by atoms with Crippen LogP contribution in [-0.2, 0) is 6.54 Å². The average Bonchev–Trinajstić information content (AvgIpc) is 2.37. The maximum absolute atomic E-state index is 11.5. The number of hydrogen-bond acceptors (Lipinski definition) is 4. The Balaban J connectivity index is 2.17. The molecule has 1 aliphatic rings. The van der Waals surface area contributed by atoms with E-state index in [1.54, 1.807) is 11.9 Å². The molecule has 0 saturated carbocycles. The predicted molar refractivity (Wildman–Crippen MR) is 68.5 cm³/mol. The Morgan fingerprint density at radius 1 is 1.56 bits per heavy atom. The number of nitrogens with zero attached hydrogens (tertiary/aromatic N) is 1. The fourth-order valence-electron chi connectivity index (χ4n) is 1.85. The van der Waals surface area contributed by atoms with E-state index in [4.69, 9.17) is 5.11 Å². The van der Waals surface area contributed by atoms with Crippen LogP contribution in [0.5, 0.6) is 0 Å². The maximum Gasteiger partial charge on any atom is 0.321 e. The van der Waals surface area contributed by atoms with E-state index in [0.29, 0.717) is 6.54 Å². The lowest BCUT2D eigenvalue weighted by molar-refractivity contribution is 0.105. The topological polar surface area (TPSA) is 84.8 Å². The summed E-state index contributed by atoms with van der Waals surface area (Å²) in [6, 6.07) is 5.43. The zero-order chi connectivity index (χ0) is 13.1. The molecular weight excluding hydrogens is 234 g/mol. The second-order valence-corrected chi connectivity index (χ2v) is 4.34. The van der Waals surface area contributed by atoms with Gasteiger partial charge in [-0.2, -0.15) is 0 Å². The van der Waals surface area contributed by atoms with E-state index >= 15 is 0 Å². The first-order chi connectivity index (χ1) is 8.61. The third-order valence-electron chi connectivity index (χ3n) is 2.90. The average molecular weight is 251 g/mol. The Labute approximate surface area is 105 Å². The molecule has 0 spiro atoms. The lowest BCUT2D eigenvalue weighted by Gasteiger charge is -2.28. The van der Waals surface area contributed by atoms with Crippen LogP contribution in [0.4, 0.5) is 16.2 Å². The van der Waals surface area contributed by atoms with Crippen LogP contribution in [0.1, 0.15) is 5.56 Å². The van der Waals surface area contributed by atoms with Crippen molar-refractivity contribution in [3.8, 4) is 0 Å². The van der Waals surface area contributed by atoms with Crippen LogP contribution in [0.15, 0.2) is 18.2 Å². The van der Waals surface area contributed by atoms with Gasteiger partial charge in [-0.15, -0.1) is 0 Å². The monoisotopic (exact) mass is 251 g/mol. The first-order valence-corrected chi connectivity index (χ1v) is 5.78. The molecule has 0 aliphatic carbocycles. The number of carbonyl (C=O) groups is 1. The smallest absolute Gasteiger partial charge is 0.321 e. The summed E-state index contributed by atoms with van der Waals surface area (Å²) >= 11 is 0. The van der Waals surface area contributed by atoms with Gasteiger partial charge < -0.3 is 25.7 Å². The number of urea groups is 1. The third kappa shape index (κ3) is 2.55. The zero-order valence-electron chi connectivity index (χ0n) is 10.2. The van der Waals surface area contributed by atoms with Crippen molar-refractivity contribution in [2.45, 2.75) is 12.6 Å². The molecule has 0 saturated heterocycles. The van der Waals surface area contributed by atoms with Crippen LogP contribution in [0.2, 0.25) is 0 Å². The standard InChI is InChI=1S/C12H17N3O3/c1-15-6-9-10(13-5-8(17)7-16)3-2-4-11(9)14-12(15)18/h2-4,8,13,16-17H,5-7H2,1H3,(H,14,18). The molecule has 1 heterocycles. The minimum atomic E-state index is -0.795. The highest BCUT2D eigenvalue weighted by Gasteiger charge is 2.21. The molecule has 4 N–H and O–H groups in total. The van der Waals surface area contributed by atoms with Gasteiger partial charge in [-0.25, -0.2) is 4.79 Å². The maximum atomic E-state index is 11.5. The molecule has 6 heteroatoms. The first-order valence-electron chi connectivity index (χ1n) is 5.78. The normalized spacial score (nSPS) is 15.9. The minimum absolute atomic E-state index is 0.130. The molecule has 1 aliphatic heterocycles. The van der Waals surface area contributed by atoms with Crippen molar-refractivity contribution < 1.29 is 15.0 Å². The van der Waals surface area contributed by atoms with Gasteiger partial charge in [-0.3, -0.25) is 0 Å².